The van der Waals surface area contributed by atoms with Gasteiger partial charge < -0.3 is 14.6 Å². The minimum atomic E-state index is -1.56. The predicted molar refractivity (Wildman–Crippen MR) is 79.2 cm³/mol. The topological polar surface area (TPSA) is 91.3 Å². The van der Waals surface area contributed by atoms with Crippen LogP contribution in [0.3, 0.4) is 0 Å². The van der Waals surface area contributed by atoms with Crippen molar-refractivity contribution in [3.8, 4) is 0 Å². The van der Waals surface area contributed by atoms with E-state index in [1.54, 1.807) is 19.1 Å². The lowest BCUT2D eigenvalue weighted by Gasteiger charge is -2.42. The van der Waals surface area contributed by atoms with Crippen LogP contribution in [0.4, 0.5) is 0 Å². The second-order valence-electron chi connectivity index (χ2n) is 7.44. The molecule has 0 spiro atoms. The second-order valence-corrected chi connectivity index (χ2v) is 7.44. The Balaban J connectivity index is 1.88. The van der Waals surface area contributed by atoms with E-state index >= 15 is 0 Å². The van der Waals surface area contributed by atoms with Crippen molar-refractivity contribution < 1.29 is 33.9 Å². The molecule has 0 aromatic heterocycles. The Bertz CT molecular complexity index is 680. The summed E-state index contributed by atoms with van der Waals surface area (Å²) in [5, 5.41) is 11.3. The number of hydrogen-bond donors (Lipinski definition) is 1. The predicted octanol–water partition coefficient (Wildman–Crippen LogP) is 0.816. The van der Waals surface area contributed by atoms with Gasteiger partial charge in [-0.2, -0.15) is 0 Å². The fraction of sp³-hybridized carbons (Fsp3) is 0.647. The SMILES string of the molecule is C=C1C(=O)OC2C1C[C@@H](OC(C)=O)[C@@](C)(O)C13C=C[C@@](C)(OO1)C23. The van der Waals surface area contributed by atoms with Crippen LogP contribution in [0.5, 0.6) is 0 Å². The molecule has 0 radical (unpaired) electrons. The summed E-state index contributed by atoms with van der Waals surface area (Å²) >= 11 is 0. The van der Waals surface area contributed by atoms with Crippen molar-refractivity contribution in [2.45, 2.75) is 56.2 Å². The highest BCUT2D eigenvalue weighted by Gasteiger charge is 2.76. The van der Waals surface area contributed by atoms with Crippen molar-refractivity contribution in [1.29, 1.82) is 0 Å². The Morgan fingerprint density at radius 3 is 2.67 bits per heavy atom. The summed E-state index contributed by atoms with van der Waals surface area (Å²) in [4.78, 5) is 34.7. The second kappa shape index (κ2) is 4.47. The summed E-state index contributed by atoms with van der Waals surface area (Å²) in [6.07, 6.45) is 2.30. The maximum absolute atomic E-state index is 12.1. The minimum absolute atomic E-state index is 0.230. The molecule has 2 saturated heterocycles. The summed E-state index contributed by atoms with van der Waals surface area (Å²) in [6.45, 7) is 8.48. The third kappa shape index (κ3) is 1.67. The normalized spacial score (nSPS) is 51.8. The van der Waals surface area contributed by atoms with E-state index in [4.69, 9.17) is 19.2 Å². The highest BCUT2D eigenvalue weighted by Crippen LogP contribution is 2.61. The summed E-state index contributed by atoms with van der Waals surface area (Å²) in [6, 6.07) is 0. The molecule has 3 fully saturated rings. The molecule has 4 unspecified atom stereocenters. The number of aliphatic hydroxyl groups is 1. The van der Waals surface area contributed by atoms with Crippen LogP contribution in [0.1, 0.15) is 27.2 Å². The van der Waals surface area contributed by atoms with Gasteiger partial charge in [-0.1, -0.05) is 12.7 Å². The van der Waals surface area contributed by atoms with Crippen molar-refractivity contribution in [2.75, 3.05) is 0 Å². The van der Waals surface area contributed by atoms with Gasteiger partial charge in [0.25, 0.3) is 0 Å². The first-order chi connectivity index (χ1) is 11.1. The molecule has 7 atom stereocenters. The zero-order chi connectivity index (χ0) is 17.5. The van der Waals surface area contributed by atoms with Crippen LogP contribution in [0.25, 0.3) is 0 Å². The highest BCUT2D eigenvalue weighted by atomic mass is 17.2. The molecule has 7 nitrogen and oxygen atoms in total. The molecule has 7 heteroatoms. The standard InChI is InChI=1S/C17H20O7/c1-8-10-7-11(21-9(2)18)16(4,20)17-6-5-15(3,23-24-17)13(17)12(10)22-14(8)19/h5-6,10-13,20H,1,7H2,2-4H3/t10?,11-,12?,13?,15-,16-,17?/m1/s1. The van der Waals surface area contributed by atoms with Gasteiger partial charge >= 0.3 is 11.9 Å². The van der Waals surface area contributed by atoms with Gasteiger partial charge in [0.15, 0.2) is 5.60 Å². The Morgan fingerprint density at radius 1 is 1.38 bits per heavy atom. The average Bonchev–Trinajstić information content (AvgIpc) is 3.04. The van der Waals surface area contributed by atoms with Crippen LogP contribution in [0.15, 0.2) is 24.3 Å². The summed E-state index contributed by atoms with van der Waals surface area (Å²) < 4.78 is 11.0. The van der Waals surface area contributed by atoms with E-state index in [1.165, 1.54) is 6.92 Å². The highest BCUT2D eigenvalue weighted by molar-refractivity contribution is 5.91. The molecule has 130 valence electrons. The van der Waals surface area contributed by atoms with Crippen molar-refractivity contribution in [3.63, 3.8) is 0 Å². The fourth-order valence-corrected chi connectivity index (χ4v) is 4.66. The Morgan fingerprint density at radius 2 is 2.08 bits per heavy atom. The molecule has 1 saturated carbocycles. The van der Waals surface area contributed by atoms with Crippen LogP contribution in [0, 0.1) is 11.8 Å². The molecular formula is C17H20O7. The van der Waals surface area contributed by atoms with Crippen LogP contribution in [-0.4, -0.2) is 46.1 Å². The van der Waals surface area contributed by atoms with E-state index in [-0.39, 0.29) is 12.3 Å². The van der Waals surface area contributed by atoms with Crippen LogP contribution < -0.4 is 0 Å². The first-order valence-electron chi connectivity index (χ1n) is 7.99. The molecule has 0 aromatic rings. The number of rotatable bonds is 1. The molecule has 2 aliphatic heterocycles. The maximum Gasteiger partial charge on any atom is 0.334 e. The van der Waals surface area contributed by atoms with Gasteiger partial charge in [0.05, 0.1) is 5.92 Å². The quantitative estimate of drug-likeness (QED) is 0.328. The molecule has 2 bridgehead atoms. The summed E-state index contributed by atoms with van der Waals surface area (Å²) in [5.41, 5.74) is -3.36. The van der Waals surface area contributed by atoms with E-state index in [9.17, 15) is 14.7 Å². The first kappa shape index (κ1) is 15.8. The zero-order valence-electron chi connectivity index (χ0n) is 13.8. The van der Waals surface area contributed by atoms with Crippen LogP contribution >= 0.6 is 0 Å². The van der Waals surface area contributed by atoms with Gasteiger partial charge in [-0.3, -0.25) is 4.79 Å². The van der Waals surface area contributed by atoms with Gasteiger partial charge in [-0.25, -0.2) is 14.6 Å². The largest absolute Gasteiger partial charge is 0.459 e. The van der Waals surface area contributed by atoms with Crippen molar-refractivity contribution in [3.05, 3.63) is 24.3 Å². The van der Waals surface area contributed by atoms with Gasteiger partial charge in [0.2, 0.25) is 0 Å². The molecular weight excluding hydrogens is 316 g/mol. The summed E-state index contributed by atoms with van der Waals surface area (Å²) in [5.74, 6) is -1.84. The number of carbonyl (C=O) groups is 2. The lowest BCUT2D eigenvalue weighted by Crippen LogP contribution is -2.62. The lowest BCUT2D eigenvalue weighted by molar-refractivity contribution is -0.366. The van der Waals surface area contributed by atoms with Crippen LogP contribution in [-0.2, 0) is 28.8 Å². The number of fused-ring (bicyclic) bond motifs is 1. The van der Waals surface area contributed by atoms with Crippen molar-refractivity contribution in [1.82, 2.24) is 0 Å². The monoisotopic (exact) mass is 336 g/mol. The number of hydrogen-bond acceptors (Lipinski definition) is 7. The molecule has 4 rings (SSSR count). The third-order valence-electron chi connectivity index (χ3n) is 5.97. The number of carbonyl (C=O) groups excluding carboxylic acids is 2. The number of esters is 2. The lowest BCUT2D eigenvalue weighted by atomic mass is 9.70. The Kier molecular flexibility index (Phi) is 2.95. The molecule has 0 aromatic carbocycles. The fourth-order valence-electron chi connectivity index (χ4n) is 4.66. The smallest absolute Gasteiger partial charge is 0.334 e. The minimum Gasteiger partial charge on any atom is -0.459 e. The van der Waals surface area contributed by atoms with Crippen molar-refractivity contribution in [2.24, 2.45) is 11.8 Å². The van der Waals surface area contributed by atoms with E-state index in [2.05, 4.69) is 6.58 Å². The van der Waals surface area contributed by atoms with Gasteiger partial charge in [0, 0.05) is 18.4 Å². The zero-order valence-corrected chi connectivity index (χ0v) is 13.8. The van der Waals surface area contributed by atoms with E-state index in [1.807, 2.05) is 6.92 Å². The molecule has 2 heterocycles. The van der Waals surface area contributed by atoms with E-state index < -0.39 is 46.9 Å². The van der Waals surface area contributed by atoms with E-state index in [0.717, 1.165) is 0 Å². The summed E-state index contributed by atoms with van der Waals surface area (Å²) in [7, 11) is 0. The van der Waals surface area contributed by atoms with E-state index in [0.29, 0.717) is 5.57 Å². The average molecular weight is 336 g/mol. The Hall–Kier alpha value is -1.70. The Labute approximate surface area is 139 Å². The maximum atomic E-state index is 12.1. The van der Waals surface area contributed by atoms with Gasteiger partial charge in [-0.15, -0.1) is 0 Å². The van der Waals surface area contributed by atoms with Gasteiger partial charge in [0.1, 0.15) is 23.4 Å². The van der Waals surface area contributed by atoms with Crippen LogP contribution in [0.2, 0.25) is 0 Å². The molecule has 2 aliphatic carbocycles. The number of ether oxygens (including phenoxy) is 2. The molecule has 1 N–H and O–H groups in total. The molecule has 4 aliphatic rings. The molecule has 0 amide bonds. The van der Waals surface area contributed by atoms with Gasteiger partial charge in [-0.05, 0) is 26.3 Å². The van der Waals surface area contributed by atoms with Crippen molar-refractivity contribution >= 4 is 11.9 Å². The third-order valence-corrected chi connectivity index (χ3v) is 5.97. The first-order valence-corrected chi connectivity index (χ1v) is 7.99. The molecule has 24 heavy (non-hydrogen) atoms.